The van der Waals surface area contributed by atoms with E-state index in [0.717, 1.165) is 13.0 Å². The number of ketones is 1. The highest BCUT2D eigenvalue weighted by Gasteiger charge is 2.14. The number of hydrogen-bond acceptors (Lipinski definition) is 4. The van der Waals surface area contributed by atoms with Gasteiger partial charge in [0.1, 0.15) is 5.78 Å². The van der Waals surface area contributed by atoms with Gasteiger partial charge in [0.2, 0.25) is 0 Å². The Kier molecular flexibility index (Phi) is 6.08. The summed E-state index contributed by atoms with van der Waals surface area (Å²) in [6.07, 6.45) is 1.17. The molecule has 0 saturated heterocycles. The highest BCUT2D eigenvalue weighted by molar-refractivity contribution is 5.95. The summed E-state index contributed by atoms with van der Waals surface area (Å²) in [5.41, 5.74) is 1.23. The van der Waals surface area contributed by atoms with Gasteiger partial charge < -0.3 is 15.2 Å². The van der Waals surface area contributed by atoms with Gasteiger partial charge in [-0.05, 0) is 38.4 Å². The van der Waals surface area contributed by atoms with Crippen LogP contribution in [0.4, 0.5) is 0 Å². The second-order valence-corrected chi connectivity index (χ2v) is 4.26. The van der Waals surface area contributed by atoms with Gasteiger partial charge in [-0.25, -0.2) is 0 Å². The first-order valence-electron chi connectivity index (χ1n) is 6.07. The second-order valence-electron chi connectivity index (χ2n) is 4.26. The van der Waals surface area contributed by atoms with Crippen molar-refractivity contribution in [2.24, 2.45) is 5.92 Å². The molecule has 0 amide bonds. The van der Waals surface area contributed by atoms with Crippen LogP contribution in [-0.4, -0.2) is 24.8 Å². The number of nitrogens with one attached hydrogen (secondary N) is 1. The van der Waals surface area contributed by atoms with Crippen LogP contribution in [0.3, 0.4) is 0 Å². The van der Waals surface area contributed by atoms with Crippen molar-refractivity contribution in [1.29, 1.82) is 0 Å². The fourth-order valence-electron chi connectivity index (χ4n) is 1.74. The fraction of sp³-hybridized carbons (Fsp3) is 0.429. The van der Waals surface area contributed by atoms with Gasteiger partial charge in [-0.2, -0.15) is 0 Å². The Balaban J connectivity index is 2.19. The molecule has 0 fully saturated rings. The first-order chi connectivity index (χ1) is 8.61. The number of carboxylic acid groups (broad SMARTS) is 1. The van der Waals surface area contributed by atoms with Crippen molar-refractivity contribution in [3.8, 4) is 0 Å². The van der Waals surface area contributed by atoms with E-state index in [4.69, 9.17) is 0 Å². The molecule has 0 bridgehead atoms. The summed E-state index contributed by atoms with van der Waals surface area (Å²) < 4.78 is 0. The van der Waals surface area contributed by atoms with Crippen molar-refractivity contribution in [1.82, 2.24) is 5.32 Å². The molecule has 18 heavy (non-hydrogen) atoms. The third kappa shape index (κ3) is 5.10. The molecule has 0 aliphatic heterocycles. The van der Waals surface area contributed by atoms with E-state index in [1.165, 1.54) is 12.5 Å². The van der Waals surface area contributed by atoms with E-state index < -0.39 is 11.9 Å². The molecule has 1 N–H and O–H groups in total. The SMILES string of the molecule is CC(=O)C(CCNCCc1ccccc1)C(=O)[O-]. The lowest BCUT2D eigenvalue weighted by atomic mass is 10.0. The van der Waals surface area contributed by atoms with Gasteiger partial charge in [0.25, 0.3) is 0 Å². The molecule has 0 heterocycles. The van der Waals surface area contributed by atoms with Crippen LogP contribution in [0.5, 0.6) is 0 Å². The molecular formula is C14H18NO3-. The largest absolute Gasteiger partial charge is 0.549 e. The van der Waals surface area contributed by atoms with Gasteiger partial charge in [-0.1, -0.05) is 30.3 Å². The maximum atomic E-state index is 11.0. The average molecular weight is 248 g/mol. The smallest absolute Gasteiger partial charge is 0.138 e. The monoisotopic (exact) mass is 248 g/mol. The van der Waals surface area contributed by atoms with Crippen molar-refractivity contribution < 1.29 is 14.7 Å². The molecule has 98 valence electrons. The zero-order valence-corrected chi connectivity index (χ0v) is 10.5. The van der Waals surface area contributed by atoms with E-state index >= 15 is 0 Å². The summed E-state index contributed by atoms with van der Waals surface area (Å²) in [7, 11) is 0. The third-order valence-corrected chi connectivity index (χ3v) is 2.82. The van der Waals surface area contributed by atoms with Gasteiger partial charge >= 0.3 is 0 Å². The van der Waals surface area contributed by atoms with Crippen molar-refractivity contribution in [2.45, 2.75) is 19.8 Å². The Bertz CT molecular complexity index is 375. The predicted molar refractivity (Wildman–Crippen MR) is 66.8 cm³/mol. The topological polar surface area (TPSA) is 69.2 Å². The summed E-state index contributed by atoms with van der Waals surface area (Å²) in [5, 5.41) is 13.8. The minimum absolute atomic E-state index is 0.284. The Morgan fingerprint density at radius 1 is 1.22 bits per heavy atom. The van der Waals surface area contributed by atoms with Gasteiger partial charge in [0.15, 0.2) is 0 Å². The molecule has 4 nitrogen and oxygen atoms in total. The van der Waals surface area contributed by atoms with Crippen LogP contribution in [0.2, 0.25) is 0 Å². The van der Waals surface area contributed by atoms with E-state index in [-0.39, 0.29) is 12.2 Å². The van der Waals surface area contributed by atoms with Gasteiger partial charge in [-0.15, -0.1) is 0 Å². The highest BCUT2D eigenvalue weighted by Crippen LogP contribution is 2.02. The minimum atomic E-state index is -1.28. The number of rotatable bonds is 8. The van der Waals surface area contributed by atoms with E-state index in [9.17, 15) is 14.7 Å². The summed E-state index contributed by atoms with van der Waals surface area (Å²) in [6, 6.07) is 10.0. The zero-order valence-electron chi connectivity index (χ0n) is 10.5. The van der Waals surface area contributed by atoms with Crippen molar-refractivity contribution in [3.05, 3.63) is 35.9 Å². The molecule has 1 rings (SSSR count). The van der Waals surface area contributed by atoms with Crippen LogP contribution < -0.4 is 10.4 Å². The first-order valence-corrected chi connectivity index (χ1v) is 6.07. The Morgan fingerprint density at radius 3 is 2.44 bits per heavy atom. The molecule has 0 aromatic heterocycles. The standard InChI is InChI=1S/C14H19NO3/c1-11(16)13(14(17)18)8-10-15-9-7-12-5-3-2-4-6-12/h2-6,13,15H,7-10H2,1H3,(H,17,18)/p-1. The number of Topliss-reactive ketones (excluding diaryl/α,β-unsaturated/α-hetero) is 1. The normalized spacial score (nSPS) is 12.1. The first kappa shape index (κ1) is 14.4. The molecule has 1 aromatic rings. The summed E-state index contributed by atoms with van der Waals surface area (Å²) in [4.78, 5) is 21.7. The van der Waals surface area contributed by atoms with Gasteiger partial charge in [0, 0.05) is 0 Å². The second kappa shape index (κ2) is 7.61. The maximum absolute atomic E-state index is 11.0. The zero-order chi connectivity index (χ0) is 13.4. The molecule has 1 atom stereocenters. The molecule has 1 aromatic carbocycles. The van der Waals surface area contributed by atoms with Crippen molar-refractivity contribution >= 4 is 11.8 Å². The lowest BCUT2D eigenvalue weighted by Gasteiger charge is -2.14. The lowest BCUT2D eigenvalue weighted by Crippen LogP contribution is -2.37. The van der Waals surface area contributed by atoms with E-state index in [0.29, 0.717) is 6.54 Å². The van der Waals surface area contributed by atoms with Crippen LogP contribution in [0.15, 0.2) is 30.3 Å². The van der Waals surface area contributed by atoms with Crippen LogP contribution in [0, 0.1) is 5.92 Å². The number of carboxylic acids is 1. The number of aliphatic carboxylic acids is 1. The quantitative estimate of drug-likeness (QED) is 0.526. The molecule has 0 radical (unpaired) electrons. The third-order valence-electron chi connectivity index (χ3n) is 2.82. The number of carbonyl (C=O) groups is 2. The molecule has 4 heteroatoms. The molecule has 0 spiro atoms. The van der Waals surface area contributed by atoms with Crippen LogP contribution in [0.1, 0.15) is 18.9 Å². The molecular weight excluding hydrogens is 230 g/mol. The fourth-order valence-corrected chi connectivity index (χ4v) is 1.74. The van der Waals surface area contributed by atoms with Gasteiger partial charge in [0.05, 0.1) is 11.9 Å². The molecule has 0 aliphatic carbocycles. The number of carbonyl (C=O) groups excluding carboxylic acids is 2. The van der Waals surface area contributed by atoms with Crippen LogP contribution in [0.25, 0.3) is 0 Å². The molecule has 0 saturated carbocycles. The van der Waals surface area contributed by atoms with Crippen molar-refractivity contribution in [2.75, 3.05) is 13.1 Å². The Labute approximate surface area is 107 Å². The van der Waals surface area contributed by atoms with E-state index in [1.54, 1.807) is 0 Å². The summed E-state index contributed by atoms with van der Waals surface area (Å²) >= 11 is 0. The molecule has 0 aliphatic rings. The van der Waals surface area contributed by atoms with Crippen LogP contribution in [-0.2, 0) is 16.0 Å². The maximum Gasteiger partial charge on any atom is 0.138 e. The average Bonchev–Trinajstić information content (AvgIpc) is 2.34. The predicted octanol–water partition coefficient (Wildman–Crippen LogP) is 0.164. The van der Waals surface area contributed by atoms with Crippen molar-refractivity contribution in [3.63, 3.8) is 0 Å². The number of benzene rings is 1. The highest BCUT2D eigenvalue weighted by atomic mass is 16.4. The van der Waals surface area contributed by atoms with E-state index in [1.807, 2.05) is 30.3 Å². The number of hydrogen-bond donors (Lipinski definition) is 1. The summed E-state index contributed by atoms with van der Waals surface area (Å²) in [5.74, 6) is -2.62. The van der Waals surface area contributed by atoms with Gasteiger partial charge in [-0.3, -0.25) is 4.79 Å². The Morgan fingerprint density at radius 2 is 1.89 bits per heavy atom. The minimum Gasteiger partial charge on any atom is -0.549 e. The Hall–Kier alpha value is -1.68. The summed E-state index contributed by atoms with van der Waals surface area (Å²) in [6.45, 7) is 2.55. The lowest BCUT2D eigenvalue weighted by molar-refractivity contribution is -0.310. The van der Waals surface area contributed by atoms with Crippen LogP contribution >= 0.6 is 0 Å². The molecule has 1 unspecified atom stereocenters. The van der Waals surface area contributed by atoms with E-state index in [2.05, 4.69) is 5.32 Å².